The van der Waals surface area contributed by atoms with Gasteiger partial charge in [0.15, 0.2) is 17.4 Å². The Labute approximate surface area is 157 Å². The molecule has 0 atom stereocenters. The molecule has 0 aliphatic carbocycles. The molecule has 7 nitrogen and oxygen atoms in total. The molecule has 27 heavy (non-hydrogen) atoms. The monoisotopic (exact) mass is 359 g/mol. The molecule has 1 aromatic carbocycles. The van der Waals surface area contributed by atoms with Crippen LogP contribution in [0.3, 0.4) is 0 Å². The smallest absolute Gasteiger partial charge is 0.191 e. The fourth-order valence-corrected chi connectivity index (χ4v) is 2.97. The fraction of sp³-hybridized carbons (Fsp3) is 0.200. The molecule has 0 unspecified atom stereocenters. The third-order valence-corrected chi connectivity index (χ3v) is 4.29. The molecule has 0 aliphatic heterocycles. The van der Waals surface area contributed by atoms with Gasteiger partial charge in [-0.25, -0.2) is 4.99 Å². The van der Waals surface area contributed by atoms with E-state index in [1.807, 2.05) is 66.2 Å². The molecule has 3 heterocycles. The number of benzene rings is 1. The van der Waals surface area contributed by atoms with Gasteiger partial charge in [0.1, 0.15) is 0 Å². The number of rotatable bonds is 5. The van der Waals surface area contributed by atoms with Gasteiger partial charge in [-0.2, -0.15) is 0 Å². The maximum Gasteiger partial charge on any atom is 0.191 e. The number of hydrogen-bond donors (Lipinski definition) is 2. The minimum Gasteiger partial charge on any atom is -0.357 e. The van der Waals surface area contributed by atoms with Crippen LogP contribution in [-0.4, -0.2) is 32.1 Å². The lowest BCUT2D eigenvalue weighted by Gasteiger charge is -2.11. The minimum absolute atomic E-state index is 0.536. The molecule has 4 rings (SSSR count). The first kappa shape index (κ1) is 17.0. The van der Waals surface area contributed by atoms with Crippen molar-refractivity contribution < 1.29 is 0 Å². The summed E-state index contributed by atoms with van der Waals surface area (Å²) in [5.74, 6) is 1.58. The van der Waals surface area contributed by atoms with E-state index in [0.29, 0.717) is 13.1 Å². The van der Waals surface area contributed by atoms with Crippen LogP contribution in [0.4, 0.5) is 0 Å². The zero-order chi connectivity index (χ0) is 18.5. The Morgan fingerprint density at radius 2 is 1.93 bits per heavy atom. The number of aromatic nitrogens is 4. The molecule has 136 valence electrons. The van der Waals surface area contributed by atoms with Crippen LogP contribution in [0.5, 0.6) is 0 Å². The van der Waals surface area contributed by atoms with Gasteiger partial charge in [-0.3, -0.25) is 9.38 Å². The zero-order valence-electron chi connectivity index (χ0n) is 15.1. The third-order valence-electron chi connectivity index (χ3n) is 4.29. The Morgan fingerprint density at radius 3 is 2.85 bits per heavy atom. The summed E-state index contributed by atoms with van der Waals surface area (Å²) >= 11 is 0. The predicted molar refractivity (Wildman–Crippen MR) is 106 cm³/mol. The summed E-state index contributed by atoms with van der Waals surface area (Å²) in [5, 5.41) is 16.2. The number of hydrogen-bond acceptors (Lipinski definition) is 4. The standard InChI is InChI=1S/C20H21N7/c1-2-21-20(24-14-19-26-25-18-9-5-6-12-27(18)19)23-13-15-10-11-22-17-8-4-3-7-16(15)17/h3-12H,2,13-14H2,1H3,(H2,21,23,24). The lowest BCUT2D eigenvalue weighted by atomic mass is 10.1. The highest BCUT2D eigenvalue weighted by Gasteiger charge is 2.06. The third kappa shape index (κ3) is 3.72. The molecule has 0 radical (unpaired) electrons. The van der Waals surface area contributed by atoms with E-state index in [-0.39, 0.29) is 0 Å². The van der Waals surface area contributed by atoms with Crippen molar-refractivity contribution in [3.05, 3.63) is 72.3 Å². The summed E-state index contributed by atoms with van der Waals surface area (Å²) in [7, 11) is 0. The van der Waals surface area contributed by atoms with Gasteiger partial charge in [-0.15, -0.1) is 10.2 Å². The van der Waals surface area contributed by atoms with E-state index < -0.39 is 0 Å². The van der Waals surface area contributed by atoms with Crippen LogP contribution in [0.2, 0.25) is 0 Å². The van der Waals surface area contributed by atoms with Crippen molar-refractivity contribution >= 4 is 22.5 Å². The van der Waals surface area contributed by atoms with Crippen LogP contribution in [0.15, 0.2) is 65.9 Å². The Kier molecular flexibility index (Phi) is 4.91. The molecule has 3 aromatic heterocycles. The normalized spacial score (nSPS) is 11.8. The summed E-state index contributed by atoms with van der Waals surface area (Å²) in [5.41, 5.74) is 2.96. The highest BCUT2D eigenvalue weighted by molar-refractivity contribution is 5.83. The van der Waals surface area contributed by atoms with Crippen LogP contribution >= 0.6 is 0 Å². The van der Waals surface area contributed by atoms with E-state index in [0.717, 1.165) is 40.4 Å². The van der Waals surface area contributed by atoms with Crippen LogP contribution in [0.1, 0.15) is 18.3 Å². The molecule has 0 saturated carbocycles. The molecule has 7 heteroatoms. The molecular formula is C20H21N7. The highest BCUT2D eigenvalue weighted by Crippen LogP contribution is 2.16. The Balaban J connectivity index is 1.51. The molecule has 2 N–H and O–H groups in total. The molecule has 4 aromatic rings. The van der Waals surface area contributed by atoms with Crippen LogP contribution in [-0.2, 0) is 13.1 Å². The maximum atomic E-state index is 4.72. The molecular weight excluding hydrogens is 338 g/mol. The van der Waals surface area contributed by atoms with Crippen molar-refractivity contribution in [2.45, 2.75) is 20.0 Å². The van der Waals surface area contributed by atoms with E-state index in [2.05, 4.69) is 31.9 Å². The summed E-state index contributed by atoms with van der Waals surface area (Å²) < 4.78 is 1.97. The Hall–Kier alpha value is -3.48. The van der Waals surface area contributed by atoms with Crippen molar-refractivity contribution in [2.24, 2.45) is 4.99 Å². The average molecular weight is 359 g/mol. The molecule has 0 aliphatic rings. The summed E-state index contributed by atoms with van der Waals surface area (Å²) in [6.07, 6.45) is 3.79. The van der Waals surface area contributed by atoms with Crippen LogP contribution in [0.25, 0.3) is 16.6 Å². The maximum absolute atomic E-state index is 4.72. The first-order chi connectivity index (χ1) is 13.3. The van der Waals surface area contributed by atoms with E-state index >= 15 is 0 Å². The zero-order valence-corrected chi connectivity index (χ0v) is 15.1. The summed E-state index contributed by atoms with van der Waals surface area (Å²) in [6, 6.07) is 16.0. The van der Waals surface area contributed by atoms with Crippen molar-refractivity contribution in [2.75, 3.05) is 6.54 Å². The van der Waals surface area contributed by atoms with Gasteiger partial charge in [0.2, 0.25) is 0 Å². The number of guanidine groups is 1. The van der Waals surface area contributed by atoms with Crippen molar-refractivity contribution in [3.8, 4) is 0 Å². The van der Waals surface area contributed by atoms with Gasteiger partial charge in [0, 0.05) is 24.3 Å². The van der Waals surface area contributed by atoms with E-state index in [1.165, 1.54) is 0 Å². The number of fused-ring (bicyclic) bond motifs is 2. The van der Waals surface area contributed by atoms with E-state index in [1.54, 1.807) is 0 Å². The first-order valence-corrected chi connectivity index (χ1v) is 8.98. The lowest BCUT2D eigenvalue weighted by Crippen LogP contribution is -2.37. The predicted octanol–water partition coefficient (Wildman–Crippen LogP) is 2.53. The largest absolute Gasteiger partial charge is 0.357 e. The number of aliphatic imine (C=N–C) groups is 1. The average Bonchev–Trinajstić information content (AvgIpc) is 3.13. The van der Waals surface area contributed by atoms with Gasteiger partial charge in [-0.1, -0.05) is 24.3 Å². The van der Waals surface area contributed by atoms with Gasteiger partial charge in [0.05, 0.1) is 18.6 Å². The second-order valence-corrected chi connectivity index (χ2v) is 6.08. The van der Waals surface area contributed by atoms with Crippen molar-refractivity contribution in [3.63, 3.8) is 0 Å². The molecule has 0 amide bonds. The van der Waals surface area contributed by atoms with Gasteiger partial charge >= 0.3 is 0 Å². The molecule has 0 bridgehead atoms. The van der Waals surface area contributed by atoms with Crippen LogP contribution in [0, 0.1) is 0 Å². The number of pyridine rings is 2. The van der Waals surface area contributed by atoms with Crippen LogP contribution < -0.4 is 10.6 Å². The Morgan fingerprint density at radius 1 is 1.04 bits per heavy atom. The second kappa shape index (κ2) is 7.82. The topological polar surface area (TPSA) is 79.5 Å². The molecule has 0 spiro atoms. The van der Waals surface area contributed by atoms with E-state index in [9.17, 15) is 0 Å². The SMILES string of the molecule is CCNC(=NCc1ccnc2ccccc12)NCc1nnc2ccccn12. The fourth-order valence-electron chi connectivity index (χ4n) is 2.97. The number of nitrogens with zero attached hydrogens (tertiary/aromatic N) is 5. The molecule has 0 saturated heterocycles. The summed E-state index contributed by atoms with van der Waals surface area (Å²) in [6.45, 7) is 3.93. The second-order valence-electron chi connectivity index (χ2n) is 6.08. The molecule has 0 fully saturated rings. The number of nitrogens with one attached hydrogen (secondary N) is 2. The Bertz CT molecular complexity index is 1080. The minimum atomic E-state index is 0.536. The van der Waals surface area contributed by atoms with Gasteiger partial charge in [-0.05, 0) is 36.8 Å². The van der Waals surface area contributed by atoms with Gasteiger partial charge in [0.25, 0.3) is 0 Å². The quantitative estimate of drug-likeness (QED) is 0.423. The van der Waals surface area contributed by atoms with Gasteiger partial charge < -0.3 is 10.6 Å². The van der Waals surface area contributed by atoms with Crippen molar-refractivity contribution in [1.29, 1.82) is 0 Å². The number of para-hydroxylation sites is 1. The first-order valence-electron chi connectivity index (χ1n) is 8.98. The summed E-state index contributed by atoms with van der Waals surface area (Å²) in [4.78, 5) is 9.13. The van der Waals surface area contributed by atoms with Crippen molar-refractivity contribution in [1.82, 2.24) is 30.2 Å². The van der Waals surface area contributed by atoms with E-state index in [4.69, 9.17) is 4.99 Å². The highest BCUT2D eigenvalue weighted by atomic mass is 15.3. The lowest BCUT2D eigenvalue weighted by molar-refractivity contribution is 0.765.